The van der Waals surface area contributed by atoms with Gasteiger partial charge in [0.1, 0.15) is 5.69 Å². The zero-order valence-corrected chi connectivity index (χ0v) is 15.4. The largest absolute Gasteiger partial charge is 0.490 e. The van der Waals surface area contributed by atoms with Crippen LogP contribution in [0.1, 0.15) is 41.4 Å². The Balaban J connectivity index is 1.44. The number of fused-ring (bicyclic) bond motifs is 1. The van der Waals surface area contributed by atoms with Crippen molar-refractivity contribution < 1.29 is 14.3 Å². The third-order valence-electron chi connectivity index (χ3n) is 4.96. The quantitative estimate of drug-likeness (QED) is 0.744. The van der Waals surface area contributed by atoms with Crippen LogP contribution >= 0.6 is 0 Å². The van der Waals surface area contributed by atoms with Crippen molar-refractivity contribution in [3.05, 3.63) is 66.0 Å². The molecule has 6 nitrogen and oxygen atoms in total. The summed E-state index contributed by atoms with van der Waals surface area (Å²) >= 11 is 0. The highest BCUT2D eigenvalue weighted by Gasteiger charge is 2.29. The van der Waals surface area contributed by atoms with Gasteiger partial charge in [0.25, 0.3) is 5.91 Å². The van der Waals surface area contributed by atoms with Gasteiger partial charge in [-0.1, -0.05) is 18.2 Å². The van der Waals surface area contributed by atoms with Crippen molar-refractivity contribution in [1.29, 1.82) is 0 Å². The molecule has 2 aliphatic rings. The number of rotatable bonds is 4. The molecule has 1 amide bonds. The maximum absolute atomic E-state index is 13.1. The fourth-order valence-corrected chi connectivity index (χ4v) is 3.34. The molecule has 1 aliphatic heterocycles. The van der Waals surface area contributed by atoms with Crippen molar-refractivity contribution in [3.63, 3.8) is 0 Å². The lowest BCUT2D eigenvalue weighted by atomic mass is 10.2. The predicted molar refractivity (Wildman–Crippen MR) is 106 cm³/mol. The van der Waals surface area contributed by atoms with Gasteiger partial charge >= 0.3 is 0 Å². The lowest BCUT2D eigenvalue weighted by Gasteiger charge is -2.11. The molecule has 0 radical (unpaired) electrons. The standard InChI is InChI=1S/C22H21N3O3/c26-22(23-16-9-10-20-21(13-16)28-12-4-11-27-20)19-14-18(15-7-8-15)24-25(19)17-5-2-1-3-6-17/h1-3,5-6,9-10,13-15H,4,7-8,11-12H2,(H,23,26). The van der Waals surface area contributed by atoms with Gasteiger partial charge < -0.3 is 14.8 Å². The number of amides is 1. The number of anilines is 1. The van der Waals surface area contributed by atoms with Gasteiger partial charge in [0.2, 0.25) is 0 Å². The summed E-state index contributed by atoms with van der Waals surface area (Å²) < 4.78 is 13.1. The molecule has 0 unspecified atom stereocenters. The van der Waals surface area contributed by atoms with E-state index in [1.165, 1.54) is 0 Å². The van der Waals surface area contributed by atoms with Crippen molar-refractivity contribution in [1.82, 2.24) is 9.78 Å². The first kappa shape index (κ1) is 16.9. The highest BCUT2D eigenvalue weighted by Crippen LogP contribution is 2.40. The molecule has 1 fully saturated rings. The zero-order chi connectivity index (χ0) is 18.9. The molecule has 1 N–H and O–H groups in total. The Hall–Kier alpha value is -3.28. The number of hydrogen-bond donors (Lipinski definition) is 1. The van der Waals surface area contributed by atoms with Gasteiger partial charge in [-0.05, 0) is 43.2 Å². The molecular formula is C22H21N3O3. The van der Waals surface area contributed by atoms with E-state index in [1.54, 1.807) is 4.68 Å². The van der Waals surface area contributed by atoms with Gasteiger partial charge in [-0.15, -0.1) is 0 Å². The van der Waals surface area contributed by atoms with Crippen LogP contribution in [0.4, 0.5) is 5.69 Å². The highest BCUT2D eigenvalue weighted by molar-refractivity contribution is 6.03. The van der Waals surface area contributed by atoms with Crippen LogP contribution in [0.5, 0.6) is 11.5 Å². The van der Waals surface area contributed by atoms with Crippen molar-refractivity contribution in [2.75, 3.05) is 18.5 Å². The van der Waals surface area contributed by atoms with E-state index < -0.39 is 0 Å². The zero-order valence-electron chi connectivity index (χ0n) is 15.4. The molecule has 5 rings (SSSR count). The molecule has 6 heteroatoms. The number of ether oxygens (including phenoxy) is 2. The molecule has 1 aromatic heterocycles. The van der Waals surface area contributed by atoms with E-state index in [2.05, 4.69) is 5.32 Å². The molecule has 2 heterocycles. The number of nitrogens with zero attached hydrogens (tertiary/aromatic N) is 2. The second-order valence-corrected chi connectivity index (χ2v) is 7.14. The van der Waals surface area contributed by atoms with Crippen LogP contribution in [-0.2, 0) is 0 Å². The minimum absolute atomic E-state index is 0.197. The van der Waals surface area contributed by atoms with Crippen molar-refractivity contribution in [3.8, 4) is 17.2 Å². The Labute approximate surface area is 163 Å². The first-order valence-corrected chi connectivity index (χ1v) is 9.64. The molecule has 1 aliphatic carbocycles. The van der Waals surface area contributed by atoms with Gasteiger partial charge in [0, 0.05) is 24.1 Å². The summed E-state index contributed by atoms with van der Waals surface area (Å²) in [5, 5.41) is 7.68. The fraction of sp³-hybridized carbons (Fsp3) is 0.273. The number of benzene rings is 2. The average molecular weight is 375 g/mol. The van der Waals surface area contributed by atoms with Crippen molar-refractivity contribution >= 4 is 11.6 Å². The summed E-state index contributed by atoms with van der Waals surface area (Å²) in [4.78, 5) is 13.1. The van der Waals surface area contributed by atoms with Gasteiger partial charge in [-0.2, -0.15) is 5.10 Å². The maximum atomic E-state index is 13.1. The summed E-state index contributed by atoms with van der Waals surface area (Å²) in [6.07, 6.45) is 3.11. The number of para-hydroxylation sites is 1. The summed E-state index contributed by atoms with van der Waals surface area (Å²) in [7, 11) is 0. The Morgan fingerprint density at radius 2 is 1.79 bits per heavy atom. The van der Waals surface area contributed by atoms with Crippen LogP contribution in [0, 0.1) is 0 Å². The van der Waals surface area contributed by atoms with Crippen LogP contribution in [0.25, 0.3) is 5.69 Å². The van der Waals surface area contributed by atoms with E-state index in [0.29, 0.717) is 42.0 Å². The number of hydrogen-bond acceptors (Lipinski definition) is 4. The highest BCUT2D eigenvalue weighted by atomic mass is 16.5. The van der Waals surface area contributed by atoms with Gasteiger partial charge in [0.15, 0.2) is 11.5 Å². The smallest absolute Gasteiger partial charge is 0.274 e. The molecule has 2 aromatic carbocycles. The minimum atomic E-state index is -0.197. The Kier molecular flexibility index (Phi) is 4.24. The molecule has 3 aromatic rings. The molecule has 1 saturated carbocycles. The Morgan fingerprint density at radius 3 is 2.57 bits per heavy atom. The second-order valence-electron chi connectivity index (χ2n) is 7.14. The third-order valence-corrected chi connectivity index (χ3v) is 4.96. The fourth-order valence-electron chi connectivity index (χ4n) is 3.34. The van der Waals surface area contributed by atoms with Crippen LogP contribution in [-0.4, -0.2) is 28.9 Å². The number of nitrogens with one attached hydrogen (secondary N) is 1. The summed E-state index contributed by atoms with van der Waals surface area (Å²) in [6.45, 7) is 1.24. The first-order chi connectivity index (χ1) is 13.8. The molecule has 28 heavy (non-hydrogen) atoms. The molecule has 0 atom stereocenters. The van der Waals surface area contributed by atoms with E-state index >= 15 is 0 Å². The second kappa shape index (κ2) is 7.03. The summed E-state index contributed by atoms with van der Waals surface area (Å²) in [5.41, 5.74) is 3.05. The number of aromatic nitrogens is 2. The van der Waals surface area contributed by atoms with Crippen LogP contribution in [0.3, 0.4) is 0 Å². The summed E-state index contributed by atoms with van der Waals surface area (Å²) in [6, 6.07) is 17.1. The van der Waals surface area contributed by atoms with Crippen molar-refractivity contribution in [2.24, 2.45) is 0 Å². The molecule has 142 valence electrons. The van der Waals surface area contributed by atoms with Gasteiger partial charge in [-0.25, -0.2) is 4.68 Å². The topological polar surface area (TPSA) is 65.4 Å². The van der Waals surface area contributed by atoms with Crippen LogP contribution in [0.15, 0.2) is 54.6 Å². The summed E-state index contributed by atoms with van der Waals surface area (Å²) in [5.74, 6) is 1.64. The van der Waals surface area contributed by atoms with Gasteiger partial charge in [0.05, 0.1) is 24.6 Å². The lowest BCUT2D eigenvalue weighted by molar-refractivity contribution is 0.101. The molecular weight excluding hydrogens is 354 g/mol. The van der Waals surface area contributed by atoms with E-state index in [1.807, 2.05) is 54.6 Å². The maximum Gasteiger partial charge on any atom is 0.274 e. The van der Waals surface area contributed by atoms with Crippen LogP contribution < -0.4 is 14.8 Å². The van der Waals surface area contributed by atoms with E-state index in [0.717, 1.165) is 30.6 Å². The molecule has 0 bridgehead atoms. The Bertz CT molecular complexity index is 1010. The SMILES string of the molecule is O=C(Nc1ccc2c(c1)OCCCO2)c1cc(C2CC2)nn1-c1ccccc1. The van der Waals surface area contributed by atoms with Crippen molar-refractivity contribution in [2.45, 2.75) is 25.2 Å². The normalized spacial score (nSPS) is 15.7. The number of carbonyl (C=O) groups excluding carboxylic acids is 1. The predicted octanol–water partition coefficient (Wildman–Crippen LogP) is 4.16. The number of carbonyl (C=O) groups is 1. The lowest BCUT2D eigenvalue weighted by Crippen LogP contribution is -2.17. The monoisotopic (exact) mass is 375 g/mol. The third kappa shape index (κ3) is 3.33. The van der Waals surface area contributed by atoms with E-state index in [-0.39, 0.29) is 5.91 Å². The molecule has 0 saturated heterocycles. The van der Waals surface area contributed by atoms with Crippen LogP contribution in [0.2, 0.25) is 0 Å². The first-order valence-electron chi connectivity index (χ1n) is 9.64. The van der Waals surface area contributed by atoms with E-state index in [9.17, 15) is 4.79 Å². The Morgan fingerprint density at radius 1 is 1.00 bits per heavy atom. The average Bonchev–Trinajstić information content (AvgIpc) is 3.51. The van der Waals surface area contributed by atoms with E-state index in [4.69, 9.17) is 14.6 Å². The molecule has 0 spiro atoms. The van der Waals surface area contributed by atoms with Gasteiger partial charge in [-0.3, -0.25) is 4.79 Å². The minimum Gasteiger partial charge on any atom is -0.490 e.